The molecule has 7 heteroatoms. The van der Waals surface area contributed by atoms with E-state index in [1.165, 1.54) is 0 Å². The average molecular weight is 420 g/mol. The standard InChI is InChI=1S/C22H29NO5S/c1-13-16-9-14-5-7-22(2,3)28-18(14)11-19(16)27-21(26)17(13)10-20(25)23-15(12-24)6-8-29-4/h9,11,15,24H,5-8,10,12H2,1-4H3,(H,23,25)/t15-/m0/s1. The molecule has 0 radical (unpaired) electrons. The highest BCUT2D eigenvalue weighted by atomic mass is 32.2. The van der Waals surface area contributed by atoms with Crippen LogP contribution in [0.15, 0.2) is 21.3 Å². The van der Waals surface area contributed by atoms with Crippen LogP contribution < -0.4 is 15.7 Å². The number of fused-ring (bicyclic) bond motifs is 2. The van der Waals surface area contributed by atoms with E-state index < -0.39 is 5.63 Å². The van der Waals surface area contributed by atoms with Gasteiger partial charge in [-0.05, 0) is 69.2 Å². The minimum atomic E-state index is -0.509. The number of aryl methyl sites for hydroxylation is 2. The number of ether oxygens (including phenoxy) is 1. The number of rotatable bonds is 7. The first kappa shape index (κ1) is 21.7. The maximum atomic E-state index is 12.6. The molecule has 1 aliphatic rings. The van der Waals surface area contributed by atoms with Crippen molar-refractivity contribution in [1.82, 2.24) is 5.32 Å². The van der Waals surface area contributed by atoms with Gasteiger partial charge in [0, 0.05) is 11.5 Å². The number of hydrogen-bond donors (Lipinski definition) is 2. The molecular formula is C22H29NO5S. The molecule has 0 bridgehead atoms. The number of benzene rings is 1. The molecular weight excluding hydrogens is 390 g/mol. The fourth-order valence-electron chi connectivity index (χ4n) is 3.65. The molecule has 0 unspecified atom stereocenters. The van der Waals surface area contributed by atoms with Gasteiger partial charge >= 0.3 is 5.63 Å². The summed E-state index contributed by atoms with van der Waals surface area (Å²) in [6.45, 7) is 5.81. The van der Waals surface area contributed by atoms with Crippen LogP contribution in [0.2, 0.25) is 0 Å². The Kier molecular flexibility index (Phi) is 6.58. The SMILES string of the molecule is CSCC[C@@H](CO)NC(=O)Cc1c(C)c2cc3c(cc2oc1=O)OC(C)(C)CC3. The maximum absolute atomic E-state index is 12.6. The monoisotopic (exact) mass is 419 g/mol. The van der Waals surface area contributed by atoms with Crippen LogP contribution >= 0.6 is 11.8 Å². The number of amides is 1. The zero-order valence-electron chi connectivity index (χ0n) is 17.5. The second-order valence-corrected chi connectivity index (χ2v) is 9.20. The summed E-state index contributed by atoms with van der Waals surface area (Å²) in [5, 5.41) is 13.1. The van der Waals surface area contributed by atoms with Crippen LogP contribution in [-0.2, 0) is 17.6 Å². The van der Waals surface area contributed by atoms with Crippen LogP contribution in [0.1, 0.15) is 43.4 Å². The van der Waals surface area contributed by atoms with E-state index in [-0.39, 0.29) is 30.6 Å². The van der Waals surface area contributed by atoms with Crippen molar-refractivity contribution in [2.24, 2.45) is 0 Å². The van der Waals surface area contributed by atoms with Crippen molar-refractivity contribution in [1.29, 1.82) is 0 Å². The van der Waals surface area contributed by atoms with Crippen molar-refractivity contribution in [3.8, 4) is 5.75 Å². The fourth-order valence-corrected chi connectivity index (χ4v) is 4.17. The summed E-state index contributed by atoms with van der Waals surface area (Å²) in [4.78, 5) is 25.0. The van der Waals surface area contributed by atoms with E-state index in [0.29, 0.717) is 17.6 Å². The van der Waals surface area contributed by atoms with E-state index in [1.54, 1.807) is 17.8 Å². The molecule has 2 aromatic rings. The van der Waals surface area contributed by atoms with Crippen LogP contribution in [0.25, 0.3) is 11.0 Å². The van der Waals surface area contributed by atoms with E-state index in [9.17, 15) is 14.7 Å². The summed E-state index contributed by atoms with van der Waals surface area (Å²) in [5.41, 5.74) is 1.91. The number of nitrogens with one attached hydrogen (secondary N) is 1. The Morgan fingerprint density at radius 3 is 2.83 bits per heavy atom. The minimum absolute atomic E-state index is 0.0690. The first-order valence-electron chi connectivity index (χ1n) is 9.91. The molecule has 1 aromatic carbocycles. The van der Waals surface area contributed by atoms with Crippen LogP contribution in [0.4, 0.5) is 0 Å². The Balaban J connectivity index is 1.88. The summed E-state index contributed by atoms with van der Waals surface area (Å²) in [6.07, 6.45) is 4.39. The van der Waals surface area contributed by atoms with Gasteiger partial charge in [0.25, 0.3) is 0 Å². The lowest BCUT2D eigenvalue weighted by Crippen LogP contribution is -2.39. The Labute approximate surface area is 175 Å². The molecule has 1 aliphatic heterocycles. The molecule has 1 amide bonds. The van der Waals surface area contributed by atoms with E-state index >= 15 is 0 Å². The Bertz CT molecular complexity index is 966. The molecule has 2 N–H and O–H groups in total. The summed E-state index contributed by atoms with van der Waals surface area (Å²) in [5.74, 6) is 1.30. The molecule has 29 heavy (non-hydrogen) atoms. The Hall–Kier alpha value is -1.99. The lowest BCUT2D eigenvalue weighted by molar-refractivity contribution is -0.121. The second kappa shape index (κ2) is 8.79. The number of carbonyl (C=O) groups is 1. The number of aliphatic hydroxyl groups excluding tert-OH is 1. The molecule has 0 aliphatic carbocycles. The minimum Gasteiger partial charge on any atom is -0.487 e. The molecule has 158 valence electrons. The summed E-state index contributed by atoms with van der Waals surface area (Å²) in [7, 11) is 0. The van der Waals surface area contributed by atoms with Gasteiger partial charge < -0.3 is 19.6 Å². The normalized spacial score (nSPS) is 16.2. The third-order valence-corrected chi connectivity index (χ3v) is 6.09. The van der Waals surface area contributed by atoms with E-state index in [0.717, 1.165) is 40.9 Å². The van der Waals surface area contributed by atoms with Gasteiger partial charge in [-0.2, -0.15) is 11.8 Å². The third kappa shape index (κ3) is 4.95. The van der Waals surface area contributed by atoms with Gasteiger partial charge in [-0.3, -0.25) is 4.79 Å². The van der Waals surface area contributed by atoms with Gasteiger partial charge in [0.2, 0.25) is 5.91 Å². The van der Waals surface area contributed by atoms with Crippen molar-refractivity contribution < 1.29 is 19.1 Å². The lowest BCUT2D eigenvalue weighted by atomic mass is 9.92. The number of carbonyl (C=O) groups excluding carboxylic acids is 1. The summed E-state index contributed by atoms with van der Waals surface area (Å²) < 4.78 is 11.6. The first-order valence-corrected chi connectivity index (χ1v) is 11.3. The smallest absolute Gasteiger partial charge is 0.340 e. The third-order valence-electron chi connectivity index (χ3n) is 5.44. The zero-order chi connectivity index (χ0) is 21.2. The Morgan fingerprint density at radius 1 is 1.38 bits per heavy atom. The molecule has 3 rings (SSSR count). The first-order chi connectivity index (χ1) is 13.7. The lowest BCUT2D eigenvalue weighted by Gasteiger charge is -2.32. The largest absolute Gasteiger partial charge is 0.487 e. The van der Waals surface area contributed by atoms with Crippen molar-refractivity contribution in [3.05, 3.63) is 39.2 Å². The van der Waals surface area contributed by atoms with Crippen LogP contribution in [0.5, 0.6) is 5.75 Å². The quantitative estimate of drug-likeness (QED) is 0.671. The maximum Gasteiger partial charge on any atom is 0.340 e. The van der Waals surface area contributed by atoms with Gasteiger partial charge in [0.1, 0.15) is 16.9 Å². The summed E-state index contributed by atoms with van der Waals surface area (Å²) in [6, 6.07) is 3.48. The molecule has 0 saturated heterocycles. The zero-order valence-corrected chi connectivity index (χ0v) is 18.3. The number of thioether (sulfide) groups is 1. The van der Waals surface area contributed by atoms with Gasteiger partial charge in [-0.25, -0.2) is 4.79 Å². The Morgan fingerprint density at radius 2 is 2.14 bits per heavy atom. The fraction of sp³-hybridized carbons (Fsp3) is 0.545. The van der Waals surface area contributed by atoms with Crippen molar-refractivity contribution in [2.45, 2.75) is 58.1 Å². The molecule has 0 fully saturated rings. The summed E-state index contributed by atoms with van der Waals surface area (Å²) >= 11 is 1.66. The van der Waals surface area contributed by atoms with Crippen molar-refractivity contribution in [3.63, 3.8) is 0 Å². The van der Waals surface area contributed by atoms with Gasteiger partial charge in [-0.1, -0.05) is 0 Å². The molecule has 0 saturated carbocycles. The highest BCUT2D eigenvalue weighted by Gasteiger charge is 2.28. The van der Waals surface area contributed by atoms with Gasteiger partial charge in [0.05, 0.1) is 24.6 Å². The molecule has 0 spiro atoms. The molecule has 2 heterocycles. The van der Waals surface area contributed by atoms with Crippen LogP contribution in [0, 0.1) is 6.92 Å². The van der Waals surface area contributed by atoms with Crippen molar-refractivity contribution >= 4 is 28.6 Å². The number of aliphatic hydroxyl groups is 1. The topological polar surface area (TPSA) is 88.8 Å². The number of hydrogen-bond acceptors (Lipinski definition) is 6. The van der Waals surface area contributed by atoms with E-state index in [1.807, 2.05) is 33.1 Å². The van der Waals surface area contributed by atoms with Crippen LogP contribution in [0.3, 0.4) is 0 Å². The predicted molar refractivity (Wildman–Crippen MR) is 116 cm³/mol. The van der Waals surface area contributed by atoms with Gasteiger partial charge in [-0.15, -0.1) is 0 Å². The molecule has 1 aromatic heterocycles. The van der Waals surface area contributed by atoms with Crippen LogP contribution in [-0.4, -0.2) is 41.3 Å². The van der Waals surface area contributed by atoms with Gasteiger partial charge in [0.15, 0.2) is 0 Å². The molecule has 1 atom stereocenters. The highest BCUT2D eigenvalue weighted by molar-refractivity contribution is 7.98. The van der Waals surface area contributed by atoms with Crippen molar-refractivity contribution in [2.75, 3.05) is 18.6 Å². The van der Waals surface area contributed by atoms with E-state index in [4.69, 9.17) is 9.15 Å². The molecule has 6 nitrogen and oxygen atoms in total. The average Bonchev–Trinajstić information content (AvgIpc) is 2.66. The van der Waals surface area contributed by atoms with E-state index in [2.05, 4.69) is 5.32 Å². The predicted octanol–water partition coefficient (Wildman–Crippen LogP) is 2.98. The second-order valence-electron chi connectivity index (χ2n) is 8.22. The highest BCUT2D eigenvalue weighted by Crippen LogP contribution is 2.36.